The molecular weight excluding hydrogens is 314 g/mol. The Bertz CT molecular complexity index is 751. The smallest absolute Gasteiger partial charge is 0.387 e. The van der Waals surface area contributed by atoms with E-state index < -0.39 is 12.7 Å². The quantitative estimate of drug-likeness (QED) is 0.935. The van der Waals surface area contributed by atoms with E-state index in [1.165, 1.54) is 12.1 Å². The summed E-state index contributed by atoms with van der Waals surface area (Å²) in [6.45, 7) is -1.05. The van der Waals surface area contributed by atoms with Crippen LogP contribution in [0.15, 0.2) is 48.5 Å². The fourth-order valence-corrected chi connectivity index (χ4v) is 3.04. The minimum absolute atomic E-state index is 0.0661. The number of amides is 1. The molecule has 2 atom stereocenters. The van der Waals surface area contributed by atoms with Crippen LogP contribution < -0.4 is 15.4 Å². The van der Waals surface area contributed by atoms with Crippen LogP contribution in [0.25, 0.3) is 0 Å². The molecular formula is C18H18F2N2O2. The summed E-state index contributed by atoms with van der Waals surface area (Å²) >= 11 is 0. The van der Waals surface area contributed by atoms with Crippen LogP contribution in [0.3, 0.4) is 0 Å². The topological polar surface area (TPSA) is 55.6 Å². The molecule has 0 saturated heterocycles. The van der Waals surface area contributed by atoms with Gasteiger partial charge in [0.15, 0.2) is 0 Å². The van der Waals surface area contributed by atoms with E-state index >= 15 is 0 Å². The summed E-state index contributed by atoms with van der Waals surface area (Å²) in [4.78, 5) is 14.2. The number of anilines is 1. The number of alkyl halides is 2. The first-order valence-corrected chi connectivity index (χ1v) is 7.68. The number of nitrogens with zero attached hydrogens (tertiary/aromatic N) is 1. The number of ether oxygens (including phenoxy) is 1. The summed E-state index contributed by atoms with van der Waals surface area (Å²) in [7, 11) is 0. The molecule has 1 amide bonds. The molecule has 4 nitrogen and oxygen atoms in total. The van der Waals surface area contributed by atoms with Crippen LogP contribution in [-0.2, 0) is 11.2 Å². The molecule has 0 aromatic heterocycles. The Morgan fingerprint density at radius 2 is 1.96 bits per heavy atom. The lowest BCUT2D eigenvalue weighted by Gasteiger charge is -2.37. The number of hydrogen-bond acceptors (Lipinski definition) is 3. The predicted octanol–water partition coefficient (Wildman–Crippen LogP) is 3.27. The summed E-state index contributed by atoms with van der Waals surface area (Å²) in [5.41, 5.74) is 8.48. The average molecular weight is 332 g/mol. The maximum Gasteiger partial charge on any atom is 0.387 e. The van der Waals surface area contributed by atoms with Crippen LogP contribution in [0.5, 0.6) is 5.75 Å². The number of benzene rings is 2. The van der Waals surface area contributed by atoms with Gasteiger partial charge in [0.05, 0.1) is 12.1 Å². The molecule has 0 spiro atoms. The Kier molecular flexibility index (Phi) is 4.49. The van der Waals surface area contributed by atoms with Gasteiger partial charge in [0.2, 0.25) is 5.91 Å². The van der Waals surface area contributed by atoms with E-state index in [0.717, 1.165) is 11.3 Å². The highest BCUT2D eigenvalue weighted by molar-refractivity contribution is 6.00. The Labute approximate surface area is 138 Å². The third kappa shape index (κ3) is 3.10. The third-order valence-electron chi connectivity index (χ3n) is 4.20. The van der Waals surface area contributed by atoms with E-state index in [-0.39, 0.29) is 17.7 Å². The van der Waals surface area contributed by atoms with E-state index in [1.54, 1.807) is 17.0 Å². The number of carbonyl (C=O) groups excluding carboxylic acids is 1. The summed E-state index contributed by atoms with van der Waals surface area (Å²) in [6.07, 6.45) is 0.493. The molecule has 3 rings (SSSR count). The van der Waals surface area contributed by atoms with Crippen LogP contribution in [0, 0.1) is 0 Å². The molecule has 0 fully saturated rings. The predicted molar refractivity (Wildman–Crippen MR) is 87.1 cm³/mol. The summed E-state index contributed by atoms with van der Waals surface area (Å²) in [6, 6.07) is 13.0. The highest BCUT2D eigenvalue weighted by Gasteiger charge is 2.33. The normalized spacial score (nSPS) is 18.5. The van der Waals surface area contributed by atoms with Crippen LogP contribution in [0.2, 0.25) is 0 Å². The number of hydrogen-bond donors (Lipinski definition) is 1. The Hall–Kier alpha value is -2.47. The van der Waals surface area contributed by atoms with Gasteiger partial charge < -0.3 is 15.4 Å². The molecule has 24 heavy (non-hydrogen) atoms. The number of para-hydroxylation sites is 1. The van der Waals surface area contributed by atoms with Gasteiger partial charge in [0, 0.05) is 5.69 Å². The first kappa shape index (κ1) is 16.4. The first-order chi connectivity index (χ1) is 11.5. The zero-order valence-electron chi connectivity index (χ0n) is 13.2. The van der Waals surface area contributed by atoms with Crippen molar-refractivity contribution >= 4 is 11.6 Å². The van der Waals surface area contributed by atoms with Crippen LogP contribution in [0.4, 0.5) is 14.5 Å². The minimum Gasteiger partial charge on any atom is -0.435 e. The molecule has 1 heterocycles. The van der Waals surface area contributed by atoms with Crippen molar-refractivity contribution in [3.05, 3.63) is 59.7 Å². The summed E-state index contributed by atoms with van der Waals surface area (Å²) < 4.78 is 29.3. The van der Waals surface area contributed by atoms with E-state index in [2.05, 4.69) is 4.74 Å². The van der Waals surface area contributed by atoms with Crippen LogP contribution in [0.1, 0.15) is 24.1 Å². The summed E-state index contributed by atoms with van der Waals surface area (Å²) in [5.74, 6) is -0.113. The highest BCUT2D eigenvalue weighted by atomic mass is 19.3. The van der Waals surface area contributed by atoms with Crippen molar-refractivity contribution in [2.45, 2.75) is 32.0 Å². The maximum atomic E-state index is 12.6. The molecule has 0 aliphatic carbocycles. The number of halogens is 2. The molecule has 6 heteroatoms. The number of nitrogens with two attached hydrogens (primary N) is 1. The van der Waals surface area contributed by atoms with Gasteiger partial charge in [-0.05, 0) is 42.7 Å². The Morgan fingerprint density at radius 1 is 1.21 bits per heavy atom. The monoisotopic (exact) mass is 332 g/mol. The van der Waals surface area contributed by atoms with Crippen molar-refractivity contribution in [3.8, 4) is 5.75 Å². The second-order valence-electron chi connectivity index (χ2n) is 5.77. The maximum absolute atomic E-state index is 12.6. The minimum atomic E-state index is -2.89. The standard InChI is InChI=1S/C18H18F2N2O2/c1-11(12-6-4-7-14(9-12)24-18(19)20)22-16-8-3-2-5-13(16)10-15(21)17(22)23/h2-9,11,15,18H,10,21H2,1H3/t11-,15+/m0/s1. The zero-order chi connectivity index (χ0) is 17.3. The van der Waals surface area contributed by atoms with Crippen molar-refractivity contribution in [2.24, 2.45) is 5.73 Å². The number of rotatable bonds is 4. The molecule has 2 aromatic carbocycles. The van der Waals surface area contributed by atoms with Gasteiger partial charge in [-0.1, -0.05) is 30.3 Å². The van der Waals surface area contributed by atoms with Gasteiger partial charge in [-0.25, -0.2) is 0 Å². The molecule has 0 unspecified atom stereocenters. The molecule has 2 N–H and O–H groups in total. The van der Waals surface area contributed by atoms with Crippen LogP contribution in [-0.4, -0.2) is 18.6 Å². The van der Waals surface area contributed by atoms with E-state index in [9.17, 15) is 13.6 Å². The first-order valence-electron chi connectivity index (χ1n) is 7.68. The lowest BCUT2D eigenvalue weighted by molar-refractivity contribution is -0.120. The number of carbonyl (C=O) groups is 1. The van der Waals surface area contributed by atoms with Gasteiger partial charge in [-0.15, -0.1) is 0 Å². The fraction of sp³-hybridized carbons (Fsp3) is 0.278. The largest absolute Gasteiger partial charge is 0.435 e. The van der Waals surface area contributed by atoms with Gasteiger partial charge in [-0.2, -0.15) is 8.78 Å². The van der Waals surface area contributed by atoms with Crippen molar-refractivity contribution in [3.63, 3.8) is 0 Å². The van der Waals surface area contributed by atoms with Gasteiger partial charge >= 0.3 is 6.61 Å². The van der Waals surface area contributed by atoms with E-state index in [1.807, 2.05) is 31.2 Å². The van der Waals surface area contributed by atoms with Crippen molar-refractivity contribution < 1.29 is 18.3 Å². The van der Waals surface area contributed by atoms with Gasteiger partial charge in [0.1, 0.15) is 5.75 Å². The second kappa shape index (κ2) is 6.57. The van der Waals surface area contributed by atoms with Crippen molar-refractivity contribution in [1.29, 1.82) is 0 Å². The lowest BCUT2D eigenvalue weighted by atomic mass is 9.94. The fourth-order valence-electron chi connectivity index (χ4n) is 3.04. The van der Waals surface area contributed by atoms with Gasteiger partial charge in [-0.3, -0.25) is 4.79 Å². The molecule has 126 valence electrons. The summed E-state index contributed by atoms with van der Waals surface area (Å²) in [5, 5.41) is 0. The molecule has 0 radical (unpaired) electrons. The van der Waals surface area contributed by atoms with E-state index in [0.29, 0.717) is 12.0 Å². The Morgan fingerprint density at radius 3 is 2.71 bits per heavy atom. The molecule has 1 aliphatic rings. The molecule has 2 aromatic rings. The van der Waals surface area contributed by atoms with Crippen molar-refractivity contribution in [2.75, 3.05) is 4.90 Å². The molecule has 1 aliphatic heterocycles. The van der Waals surface area contributed by atoms with Crippen LogP contribution >= 0.6 is 0 Å². The molecule has 0 saturated carbocycles. The molecule has 0 bridgehead atoms. The van der Waals surface area contributed by atoms with Crippen molar-refractivity contribution in [1.82, 2.24) is 0 Å². The highest BCUT2D eigenvalue weighted by Crippen LogP contribution is 2.35. The Balaban J connectivity index is 1.97. The average Bonchev–Trinajstić information content (AvgIpc) is 2.55. The van der Waals surface area contributed by atoms with Gasteiger partial charge in [0.25, 0.3) is 0 Å². The lowest BCUT2D eigenvalue weighted by Crippen LogP contribution is -2.49. The second-order valence-corrected chi connectivity index (χ2v) is 5.77. The SMILES string of the molecule is C[C@@H](c1cccc(OC(F)F)c1)N1C(=O)[C@H](N)Cc2ccccc21. The third-order valence-corrected chi connectivity index (χ3v) is 4.20. The zero-order valence-corrected chi connectivity index (χ0v) is 13.2. The van der Waals surface area contributed by atoms with E-state index in [4.69, 9.17) is 5.73 Å². The number of fused-ring (bicyclic) bond motifs is 1.